The van der Waals surface area contributed by atoms with E-state index in [2.05, 4.69) is 22.0 Å². The summed E-state index contributed by atoms with van der Waals surface area (Å²) >= 11 is 5.88. The third kappa shape index (κ3) is 5.78. The monoisotopic (exact) mass is 521 g/mol. The van der Waals surface area contributed by atoms with E-state index in [1.165, 1.54) is 12.8 Å². The lowest BCUT2D eigenvalue weighted by Gasteiger charge is -2.36. The first-order chi connectivity index (χ1) is 17.2. The van der Waals surface area contributed by atoms with Crippen molar-refractivity contribution < 1.29 is 27.4 Å². The van der Waals surface area contributed by atoms with Gasteiger partial charge >= 0.3 is 6.18 Å². The molecule has 2 fully saturated rings. The normalized spacial score (nSPS) is 23.8. The molecule has 1 aromatic heterocycles. The quantitative estimate of drug-likeness (QED) is 0.464. The molecule has 0 spiro atoms. The average molecular weight is 522 g/mol. The van der Waals surface area contributed by atoms with Gasteiger partial charge in [-0.2, -0.15) is 13.2 Å². The number of hydrogen-bond donors (Lipinski definition) is 0. The zero-order valence-corrected chi connectivity index (χ0v) is 20.3. The molecule has 2 bridgehead atoms. The maximum absolute atomic E-state index is 12.8. The van der Waals surface area contributed by atoms with Crippen molar-refractivity contribution in [2.24, 2.45) is 17.8 Å². The van der Waals surface area contributed by atoms with Crippen LogP contribution in [0.1, 0.15) is 18.4 Å². The minimum absolute atomic E-state index is 0.0569. The van der Waals surface area contributed by atoms with Crippen molar-refractivity contribution >= 4 is 17.5 Å². The number of pyridine rings is 1. The van der Waals surface area contributed by atoms with E-state index in [1.807, 2.05) is 4.90 Å². The Morgan fingerprint density at radius 3 is 2.39 bits per heavy atom. The predicted octanol–water partition coefficient (Wildman–Crippen LogP) is 5.28. The van der Waals surface area contributed by atoms with Gasteiger partial charge in [0.25, 0.3) is 5.91 Å². The number of allylic oxidation sites excluding steroid dienone is 2. The van der Waals surface area contributed by atoms with Crippen molar-refractivity contribution in [3.05, 3.63) is 59.3 Å². The van der Waals surface area contributed by atoms with Crippen LogP contribution in [-0.4, -0.2) is 60.0 Å². The molecule has 3 aliphatic rings. The average Bonchev–Trinajstić information content (AvgIpc) is 3.48. The lowest BCUT2D eigenvalue weighted by Crippen LogP contribution is -2.51. The maximum Gasteiger partial charge on any atom is 0.417 e. The largest absolute Gasteiger partial charge is 0.484 e. The number of aromatic nitrogens is 1. The summed E-state index contributed by atoms with van der Waals surface area (Å²) in [6.07, 6.45) is 3.49. The van der Waals surface area contributed by atoms with Gasteiger partial charge in [-0.15, -0.1) is 0 Å². The molecule has 1 aromatic carbocycles. The lowest BCUT2D eigenvalue weighted by atomic mass is 9.93. The number of benzene rings is 1. The van der Waals surface area contributed by atoms with Crippen molar-refractivity contribution in [2.45, 2.75) is 19.0 Å². The second-order valence-electron chi connectivity index (χ2n) is 9.59. The Bertz CT molecular complexity index is 1120. The summed E-state index contributed by atoms with van der Waals surface area (Å²) in [5.74, 6) is 2.88. The Kier molecular flexibility index (Phi) is 7.12. The highest BCUT2D eigenvalue weighted by Crippen LogP contribution is 2.43. The van der Waals surface area contributed by atoms with E-state index in [0.717, 1.165) is 43.5 Å². The molecule has 192 valence electrons. The number of halogens is 4. The number of fused-ring (bicyclic) bond motifs is 2. The molecule has 2 aromatic rings. The van der Waals surface area contributed by atoms with Crippen LogP contribution < -0.4 is 9.47 Å². The highest BCUT2D eigenvalue weighted by atomic mass is 35.5. The molecule has 1 saturated heterocycles. The van der Waals surface area contributed by atoms with Crippen LogP contribution in [-0.2, 0) is 11.0 Å². The Morgan fingerprint density at radius 2 is 1.78 bits per heavy atom. The van der Waals surface area contributed by atoms with Crippen LogP contribution in [0.2, 0.25) is 5.02 Å². The molecular formula is C26H27ClF3N3O3. The smallest absolute Gasteiger partial charge is 0.417 e. The van der Waals surface area contributed by atoms with Gasteiger partial charge in [0.05, 0.1) is 5.56 Å². The predicted molar refractivity (Wildman–Crippen MR) is 128 cm³/mol. The van der Waals surface area contributed by atoms with Crippen LogP contribution in [0.25, 0.3) is 0 Å². The molecule has 0 radical (unpaired) electrons. The van der Waals surface area contributed by atoms with Crippen LogP contribution in [0, 0.1) is 17.8 Å². The van der Waals surface area contributed by atoms with Gasteiger partial charge in [0.2, 0.25) is 5.88 Å². The van der Waals surface area contributed by atoms with E-state index in [0.29, 0.717) is 30.8 Å². The number of ether oxygens (including phenoxy) is 2. The fourth-order valence-electron chi connectivity index (χ4n) is 5.22. The van der Waals surface area contributed by atoms with Gasteiger partial charge in [-0.3, -0.25) is 9.69 Å². The van der Waals surface area contributed by atoms with Gasteiger partial charge < -0.3 is 14.4 Å². The Balaban J connectivity index is 1.06. The minimum atomic E-state index is -4.54. The van der Waals surface area contributed by atoms with Crippen molar-refractivity contribution in [3.8, 4) is 17.4 Å². The molecule has 2 heterocycles. The van der Waals surface area contributed by atoms with Crippen molar-refractivity contribution in [1.82, 2.24) is 14.8 Å². The van der Waals surface area contributed by atoms with Crippen molar-refractivity contribution in [2.75, 3.05) is 39.3 Å². The number of amides is 1. The van der Waals surface area contributed by atoms with Gasteiger partial charge in [-0.1, -0.05) is 23.8 Å². The molecular weight excluding hydrogens is 495 g/mol. The Morgan fingerprint density at radius 1 is 1.06 bits per heavy atom. The second kappa shape index (κ2) is 10.3. The van der Waals surface area contributed by atoms with Gasteiger partial charge in [0.15, 0.2) is 6.61 Å². The molecule has 5 rings (SSSR count). The molecule has 0 N–H and O–H groups in total. The number of carbonyl (C=O) groups is 1. The summed E-state index contributed by atoms with van der Waals surface area (Å²) in [4.78, 5) is 20.6. The van der Waals surface area contributed by atoms with E-state index in [9.17, 15) is 18.0 Å². The van der Waals surface area contributed by atoms with Crippen LogP contribution in [0.15, 0.2) is 48.7 Å². The van der Waals surface area contributed by atoms with E-state index in [-0.39, 0.29) is 23.4 Å². The highest BCUT2D eigenvalue weighted by molar-refractivity contribution is 6.31. The molecule has 3 atom stereocenters. The number of hydrogen-bond acceptors (Lipinski definition) is 5. The first-order valence-electron chi connectivity index (χ1n) is 12.1. The highest BCUT2D eigenvalue weighted by Gasteiger charge is 2.37. The standard InChI is InChI=1S/C26H27ClF3N3O3/c27-23-13-20(26(28,29)30)14-31-25(23)36-22-5-3-21(4-6-22)35-16-24(34)33-9-7-32(8-10-33)15-19-12-17-1-2-18(19)11-17/h1-6,13-14,17-19H,7-12,15-16H2. The summed E-state index contributed by atoms with van der Waals surface area (Å²) in [7, 11) is 0. The maximum atomic E-state index is 12.8. The van der Waals surface area contributed by atoms with E-state index < -0.39 is 11.7 Å². The zero-order valence-electron chi connectivity index (χ0n) is 19.6. The van der Waals surface area contributed by atoms with Crippen LogP contribution in [0.4, 0.5) is 13.2 Å². The van der Waals surface area contributed by atoms with Gasteiger partial charge in [-0.05, 0) is 60.9 Å². The molecule has 1 saturated carbocycles. The number of alkyl halides is 3. The van der Waals surface area contributed by atoms with Crippen molar-refractivity contribution in [3.63, 3.8) is 0 Å². The molecule has 2 aliphatic carbocycles. The van der Waals surface area contributed by atoms with E-state index in [4.69, 9.17) is 21.1 Å². The molecule has 3 unspecified atom stereocenters. The summed E-state index contributed by atoms with van der Waals surface area (Å²) < 4.78 is 49.4. The van der Waals surface area contributed by atoms with Gasteiger partial charge in [0.1, 0.15) is 16.5 Å². The summed E-state index contributed by atoms with van der Waals surface area (Å²) in [6, 6.07) is 7.13. The fourth-order valence-corrected chi connectivity index (χ4v) is 5.43. The molecule has 6 nitrogen and oxygen atoms in total. The first-order valence-corrected chi connectivity index (χ1v) is 12.4. The van der Waals surface area contributed by atoms with Gasteiger partial charge in [0, 0.05) is 38.9 Å². The second-order valence-corrected chi connectivity index (χ2v) is 10.00. The first kappa shape index (κ1) is 24.9. The summed E-state index contributed by atoms with van der Waals surface area (Å²) in [5.41, 5.74) is -0.951. The lowest BCUT2D eigenvalue weighted by molar-refractivity contribution is -0.138. The number of rotatable bonds is 7. The van der Waals surface area contributed by atoms with Crippen LogP contribution >= 0.6 is 11.6 Å². The van der Waals surface area contributed by atoms with E-state index >= 15 is 0 Å². The van der Waals surface area contributed by atoms with Gasteiger partial charge in [-0.25, -0.2) is 4.98 Å². The minimum Gasteiger partial charge on any atom is -0.484 e. The van der Waals surface area contributed by atoms with E-state index in [1.54, 1.807) is 24.3 Å². The fraction of sp³-hybridized carbons (Fsp3) is 0.462. The number of nitrogens with zero attached hydrogens (tertiary/aromatic N) is 3. The van der Waals surface area contributed by atoms with Crippen LogP contribution in [0.5, 0.6) is 17.4 Å². The molecule has 36 heavy (non-hydrogen) atoms. The topological polar surface area (TPSA) is 54.9 Å². The molecule has 10 heteroatoms. The number of piperazine rings is 1. The molecule has 1 aliphatic heterocycles. The number of carbonyl (C=O) groups excluding carboxylic acids is 1. The summed E-state index contributed by atoms with van der Waals surface area (Å²) in [6.45, 7) is 4.22. The Labute approximate surface area is 212 Å². The third-order valence-electron chi connectivity index (χ3n) is 7.17. The summed E-state index contributed by atoms with van der Waals surface area (Å²) in [5, 5.41) is -0.247. The van der Waals surface area contributed by atoms with Crippen molar-refractivity contribution in [1.29, 1.82) is 0 Å². The SMILES string of the molecule is O=C(COc1ccc(Oc2ncc(C(F)(F)F)cc2Cl)cc1)N1CCN(CC2CC3C=CC2C3)CC1. The van der Waals surface area contributed by atoms with Crippen LogP contribution in [0.3, 0.4) is 0 Å². The third-order valence-corrected chi connectivity index (χ3v) is 7.44. The zero-order chi connectivity index (χ0) is 25.3. The Hall–Kier alpha value is -2.78. The molecule has 1 amide bonds.